The summed E-state index contributed by atoms with van der Waals surface area (Å²) in [4.78, 5) is 16.8. The second-order valence-corrected chi connectivity index (χ2v) is 5.49. The molecule has 0 aliphatic rings. The van der Waals surface area contributed by atoms with E-state index < -0.39 is 5.97 Å². The van der Waals surface area contributed by atoms with Gasteiger partial charge in [0.05, 0.1) is 12.7 Å². The molecule has 0 bridgehead atoms. The Hall–Kier alpha value is -3.65. The number of hydrogen-bond donors (Lipinski definition) is 0. The first-order valence-electron chi connectivity index (χ1n) is 7.97. The maximum Gasteiger partial charge on any atom is 0.339 e. The van der Waals surface area contributed by atoms with Gasteiger partial charge >= 0.3 is 5.97 Å². The van der Waals surface area contributed by atoms with Gasteiger partial charge in [-0.1, -0.05) is 48.5 Å². The average Bonchev–Trinajstić information content (AvgIpc) is 2.72. The zero-order valence-electron chi connectivity index (χ0n) is 14.2. The number of pyridine rings is 1. The fraction of sp³-hybridized carbons (Fsp3) is 0.0952. The third-order valence-corrected chi connectivity index (χ3v) is 3.85. The zero-order valence-corrected chi connectivity index (χ0v) is 14.2. The van der Waals surface area contributed by atoms with Crippen LogP contribution in [0.5, 0.6) is 5.75 Å². The second kappa shape index (κ2) is 7.95. The van der Waals surface area contributed by atoms with Gasteiger partial charge < -0.3 is 9.47 Å². The Morgan fingerprint density at radius 2 is 1.81 bits per heavy atom. The number of methoxy groups -OCH3 is 1. The number of rotatable bonds is 5. The van der Waals surface area contributed by atoms with Crippen LogP contribution in [0, 0.1) is 11.3 Å². The van der Waals surface area contributed by atoms with Crippen LogP contribution in [0.2, 0.25) is 0 Å². The lowest BCUT2D eigenvalue weighted by Gasteiger charge is -2.13. The summed E-state index contributed by atoms with van der Waals surface area (Å²) in [5, 5.41) is 9.12. The molecule has 0 spiro atoms. The molecule has 0 N–H and O–H groups in total. The SMILES string of the molecule is COc1ccccc1-c1cnc(C#N)cc1C(=O)OCc1ccccc1. The largest absolute Gasteiger partial charge is 0.496 e. The molecule has 0 radical (unpaired) electrons. The Balaban J connectivity index is 1.97. The van der Waals surface area contributed by atoms with Crippen LogP contribution in [0.25, 0.3) is 11.1 Å². The highest BCUT2D eigenvalue weighted by Gasteiger charge is 2.18. The molecular formula is C21H16N2O3. The van der Waals surface area contributed by atoms with Crippen LogP contribution in [0.3, 0.4) is 0 Å². The molecule has 26 heavy (non-hydrogen) atoms. The van der Waals surface area contributed by atoms with Crippen molar-refractivity contribution in [3.8, 4) is 22.9 Å². The number of para-hydroxylation sites is 1. The first kappa shape index (κ1) is 17.2. The van der Waals surface area contributed by atoms with Crippen molar-refractivity contribution in [2.45, 2.75) is 6.61 Å². The van der Waals surface area contributed by atoms with Gasteiger partial charge in [0.25, 0.3) is 0 Å². The molecule has 128 valence electrons. The van der Waals surface area contributed by atoms with Crippen molar-refractivity contribution < 1.29 is 14.3 Å². The predicted molar refractivity (Wildman–Crippen MR) is 96.5 cm³/mol. The van der Waals surface area contributed by atoms with Crippen molar-refractivity contribution in [1.82, 2.24) is 4.98 Å². The summed E-state index contributed by atoms with van der Waals surface area (Å²) in [5.41, 5.74) is 2.57. The predicted octanol–water partition coefficient (Wildman–Crippen LogP) is 3.99. The number of nitriles is 1. The molecule has 0 atom stereocenters. The van der Waals surface area contributed by atoms with E-state index in [-0.39, 0.29) is 17.9 Å². The first-order valence-corrected chi connectivity index (χ1v) is 7.97. The first-order chi connectivity index (χ1) is 12.7. The van der Waals surface area contributed by atoms with Crippen LogP contribution in [0.15, 0.2) is 66.9 Å². The molecule has 3 aromatic rings. The minimum Gasteiger partial charge on any atom is -0.496 e. The summed E-state index contributed by atoms with van der Waals surface area (Å²) >= 11 is 0. The van der Waals surface area contributed by atoms with E-state index in [1.165, 1.54) is 12.3 Å². The maximum absolute atomic E-state index is 12.7. The third-order valence-electron chi connectivity index (χ3n) is 3.85. The van der Waals surface area contributed by atoms with Crippen LogP contribution < -0.4 is 4.74 Å². The van der Waals surface area contributed by atoms with Gasteiger partial charge in [-0.3, -0.25) is 0 Å². The summed E-state index contributed by atoms with van der Waals surface area (Å²) in [7, 11) is 1.56. The molecule has 3 rings (SSSR count). The van der Waals surface area contributed by atoms with Gasteiger partial charge in [0.2, 0.25) is 0 Å². The van der Waals surface area contributed by atoms with E-state index in [0.717, 1.165) is 5.56 Å². The molecule has 5 heteroatoms. The molecule has 2 aromatic carbocycles. The monoisotopic (exact) mass is 344 g/mol. The van der Waals surface area contributed by atoms with E-state index in [1.54, 1.807) is 13.2 Å². The Kier molecular flexibility index (Phi) is 5.25. The van der Waals surface area contributed by atoms with E-state index in [9.17, 15) is 4.79 Å². The average molecular weight is 344 g/mol. The number of hydrogen-bond acceptors (Lipinski definition) is 5. The van der Waals surface area contributed by atoms with Crippen molar-refractivity contribution in [2.24, 2.45) is 0 Å². The van der Waals surface area contributed by atoms with Gasteiger partial charge in [-0.2, -0.15) is 5.26 Å². The van der Waals surface area contributed by atoms with E-state index in [4.69, 9.17) is 14.7 Å². The highest BCUT2D eigenvalue weighted by atomic mass is 16.5. The fourth-order valence-corrected chi connectivity index (χ4v) is 2.57. The highest BCUT2D eigenvalue weighted by molar-refractivity contribution is 5.98. The number of ether oxygens (including phenoxy) is 2. The van der Waals surface area contributed by atoms with E-state index >= 15 is 0 Å². The van der Waals surface area contributed by atoms with Crippen molar-refractivity contribution in [3.05, 3.63) is 83.7 Å². The van der Waals surface area contributed by atoms with Crippen molar-refractivity contribution >= 4 is 5.97 Å². The number of benzene rings is 2. The Bertz CT molecular complexity index is 962. The lowest BCUT2D eigenvalue weighted by atomic mass is 10.0. The van der Waals surface area contributed by atoms with Crippen molar-refractivity contribution in [1.29, 1.82) is 5.26 Å². The van der Waals surface area contributed by atoms with Crippen LogP contribution in [0.1, 0.15) is 21.6 Å². The van der Waals surface area contributed by atoms with Gasteiger partial charge in [-0.25, -0.2) is 9.78 Å². The van der Waals surface area contributed by atoms with Crippen LogP contribution in [-0.4, -0.2) is 18.1 Å². The summed E-state index contributed by atoms with van der Waals surface area (Å²) in [6, 6.07) is 20.1. The molecular weight excluding hydrogens is 328 g/mol. The number of nitrogens with zero attached hydrogens (tertiary/aromatic N) is 2. The molecule has 0 aliphatic carbocycles. The Labute approximate surface area is 151 Å². The van der Waals surface area contributed by atoms with Crippen LogP contribution in [-0.2, 0) is 11.3 Å². The molecule has 1 aromatic heterocycles. The molecule has 0 fully saturated rings. The molecule has 0 amide bonds. The standard InChI is InChI=1S/C21H16N2O3/c1-25-20-10-6-5-9-17(20)19-13-23-16(12-22)11-18(19)21(24)26-14-15-7-3-2-4-8-15/h2-11,13H,14H2,1H3. The summed E-state index contributed by atoms with van der Waals surface area (Å²) in [5.74, 6) is 0.0878. The number of esters is 1. The quantitative estimate of drug-likeness (QED) is 0.655. The van der Waals surface area contributed by atoms with Crippen molar-refractivity contribution in [2.75, 3.05) is 7.11 Å². The molecule has 0 saturated heterocycles. The lowest BCUT2D eigenvalue weighted by Crippen LogP contribution is -2.08. The molecule has 5 nitrogen and oxygen atoms in total. The topological polar surface area (TPSA) is 72.2 Å². The maximum atomic E-state index is 12.7. The van der Waals surface area contributed by atoms with Crippen LogP contribution >= 0.6 is 0 Å². The van der Waals surface area contributed by atoms with Gasteiger partial charge in [0, 0.05) is 17.3 Å². The lowest BCUT2D eigenvalue weighted by molar-refractivity contribution is 0.0473. The highest BCUT2D eigenvalue weighted by Crippen LogP contribution is 2.32. The van der Waals surface area contributed by atoms with Gasteiger partial charge in [-0.05, 0) is 17.7 Å². The third kappa shape index (κ3) is 3.70. The van der Waals surface area contributed by atoms with Crippen molar-refractivity contribution in [3.63, 3.8) is 0 Å². The number of aromatic nitrogens is 1. The summed E-state index contributed by atoms with van der Waals surface area (Å²) < 4.78 is 10.8. The normalized spacial score (nSPS) is 10.0. The zero-order chi connectivity index (χ0) is 18.4. The van der Waals surface area contributed by atoms with Gasteiger partial charge in [0.1, 0.15) is 24.1 Å². The molecule has 1 heterocycles. The minimum atomic E-state index is -0.520. The van der Waals surface area contributed by atoms with E-state index in [0.29, 0.717) is 16.9 Å². The Morgan fingerprint density at radius 1 is 1.08 bits per heavy atom. The minimum absolute atomic E-state index is 0.148. The number of carbonyl (C=O) groups excluding carboxylic acids is 1. The Morgan fingerprint density at radius 3 is 2.54 bits per heavy atom. The van der Waals surface area contributed by atoms with E-state index in [2.05, 4.69) is 4.98 Å². The number of carbonyl (C=O) groups is 1. The van der Waals surface area contributed by atoms with E-state index in [1.807, 2.05) is 54.6 Å². The molecule has 0 unspecified atom stereocenters. The van der Waals surface area contributed by atoms with Crippen LogP contribution in [0.4, 0.5) is 0 Å². The smallest absolute Gasteiger partial charge is 0.339 e. The van der Waals surface area contributed by atoms with Gasteiger partial charge in [0.15, 0.2) is 0 Å². The molecule has 0 aliphatic heterocycles. The fourth-order valence-electron chi connectivity index (χ4n) is 2.57. The summed E-state index contributed by atoms with van der Waals surface area (Å²) in [6.45, 7) is 0.148. The van der Waals surface area contributed by atoms with Gasteiger partial charge in [-0.15, -0.1) is 0 Å². The second-order valence-electron chi connectivity index (χ2n) is 5.49. The summed E-state index contributed by atoms with van der Waals surface area (Å²) in [6.07, 6.45) is 1.50. The molecule has 0 saturated carbocycles.